The molecule has 6 heteroatoms. The number of carbonyl (C=O) groups excluding carboxylic acids is 2. The Labute approximate surface area is 168 Å². The molecule has 1 heterocycles. The van der Waals surface area contributed by atoms with Gasteiger partial charge in [0.1, 0.15) is 5.75 Å². The summed E-state index contributed by atoms with van der Waals surface area (Å²) in [6, 6.07) is 14.6. The lowest BCUT2D eigenvalue weighted by atomic mass is 10.0. The number of carbonyl (C=O) groups is 2. The Balaban J connectivity index is 2.01. The van der Waals surface area contributed by atoms with Gasteiger partial charge in [0.25, 0.3) is 5.91 Å². The van der Waals surface area contributed by atoms with E-state index < -0.39 is 5.97 Å². The van der Waals surface area contributed by atoms with Crippen molar-refractivity contribution >= 4 is 29.6 Å². The van der Waals surface area contributed by atoms with Crippen molar-refractivity contribution in [3.8, 4) is 5.75 Å². The second-order valence-corrected chi connectivity index (χ2v) is 6.68. The van der Waals surface area contributed by atoms with Crippen LogP contribution in [0.5, 0.6) is 5.75 Å². The van der Waals surface area contributed by atoms with Gasteiger partial charge >= 0.3 is 5.97 Å². The van der Waals surface area contributed by atoms with E-state index in [4.69, 9.17) is 21.1 Å². The molecule has 2 aromatic carbocycles. The van der Waals surface area contributed by atoms with Crippen molar-refractivity contribution in [1.29, 1.82) is 0 Å². The average molecular weight is 398 g/mol. The minimum atomic E-state index is -0.554. The highest BCUT2D eigenvalue weighted by atomic mass is 35.5. The Kier molecular flexibility index (Phi) is 5.85. The maximum Gasteiger partial charge on any atom is 0.340 e. The topological polar surface area (TPSA) is 55.8 Å². The first-order chi connectivity index (χ1) is 13.5. The monoisotopic (exact) mass is 397 g/mol. The lowest BCUT2D eigenvalue weighted by Crippen LogP contribution is -2.24. The Morgan fingerprint density at radius 1 is 1.11 bits per heavy atom. The molecule has 0 aliphatic carbocycles. The Hall–Kier alpha value is -3.05. The van der Waals surface area contributed by atoms with Gasteiger partial charge in [-0.2, -0.15) is 0 Å². The molecule has 0 saturated heterocycles. The van der Waals surface area contributed by atoms with Crippen LogP contribution >= 0.6 is 11.6 Å². The number of benzene rings is 2. The van der Waals surface area contributed by atoms with Crippen LogP contribution in [-0.2, 0) is 20.9 Å². The minimum Gasteiger partial charge on any atom is -0.497 e. The number of esters is 1. The average Bonchev–Trinajstić information content (AvgIpc) is 2.94. The van der Waals surface area contributed by atoms with Crippen molar-refractivity contribution in [2.75, 3.05) is 14.2 Å². The summed E-state index contributed by atoms with van der Waals surface area (Å²) in [4.78, 5) is 27.1. The molecule has 0 saturated carbocycles. The molecule has 28 heavy (non-hydrogen) atoms. The Morgan fingerprint density at radius 2 is 1.79 bits per heavy atom. The first kappa shape index (κ1) is 19.7. The minimum absolute atomic E-state index is 0.251. The van der Waals surface area contributed by atoms with E-state index in [9.17, 15) is 9.59 Å². The predicted molar refractivity (Wildman–Crippen MR) is 108 cm³/mol. The number of methoxy groups -OCH3 is 2. The maximum atomic E-state index is 13.1. The molecule has 1 aliphatic heterocycles. The largest absolute Gasteiger partial charge is 0.497 e. The van der Waals surface area contributed by atoms with Gasteiger partial charge in [0, 0.05) is 10.7 Å². The highest BCUT2D eigenvalue weighted by molar-refractivity contribution is 6.32. The summed E-state index contributed by atoms with van der Waals surface area (Å²) >= 11 is 6.23. The van der Waals surface area contributed by atoms with Gasteiger partial charge in [-0.25, -0.2) is 4.79 Å². The molecule has 1 amide bonds. The van der Waals surface area contributed by atoms with Crippen LogP contribution in [0.2, 0.25) is 5.02 Å². The van der Waals surface area contributed by atoms with E-state index in [2.05, 4.69) is 0 Å². The van der Waals surface area contributed by atoms with Crippen LogP contribution in [0.15, 0.2) is 65.4 Å². The highest BCUT2D eigenvalue weighted by Crippen LogP contribution is 2.34. The van der Waals surface area contributed by atoms with Crippen LogP contribution in [0.4, 0.5) is 0 Å². The number of halogens is 1. The summed E-state index contributed by atoms with van der Waals surface area (Å²) < 4.78 is 10.1. The summed E-state index contributed by atoms with van der Waals surface area (Å²) in [5.74, 6) is -0.0895. The number of allylic oxidation sites excluding steroid dienone is 1. The van der Waals surface area contributed by atoms with Crippen molar-refractivity contribution in [3.63, 3.8) is 0 Å². The molecule has 1 aliphatic rings. The number of hydrogen-bond donors (Lipinski definition) is 0. The fraction of sp³-hybridized carbons (Fsp3) is 0.182. The SMILES string of the molecule is COC(=O)C1=C(C)N(Cc2ccc(OC)cc2)C(=O)/C1=C\c1ccccc1Cl. The summed E-state index contributed by atoms with van der Waals surface area (Å²) in [5, 5.41) is 0.498. The molecule has 0 N–H and O–H groups in total. The van der Waals surface area contributed by atoms with Crippen LogP contribution in [-0.4, -0.2) is 31.0 Å². The van der Waals surface area contributed by atoms with Crippen LogP contribution in [0.1, 0.15) is 18.1 Å². The normalized spacial score (nSPS) is 15.4. The van der Waals surface area contributed by atoms with Gasteiger partial charge in [0.05, 0.1) is 31.9 Å². The van der Waals surface area contributed by atoms with Crippen LogP contribution in [0.25, 0.3) is 6.08 Å². The molecule has 0 aromatic heterocycles. The molecule has 144 valence electrons. The highest BCUT2D eigenvalue weighted by Gasteiger charge is 2.37. The van der Waals surface area contributed by atoms with Gasteiger partial charge in [0.15, 0.2) is 0 Å². The third-order valence-electron chi connectivity index (χ3n) is 4.61. The molecule has 0 fully saturated rings. The molecule has 3 rings (SSSR count). The van der Waals surface area contributed by atoms with E-state index in [-0.39, 0.29) is 17.1 Å². The third-order valence-corrected chi connectivity index (χ3v) is 4.95. The summed E-state index contributed by atoms with van der Waals surface area (Å²) in [5.41, 5.74) is 2.64. The maximum absolute atomic E-state index is 13.1. The van der Waals surface area contributed by atoms with Crippen molar-refractivity contribution in [3.05, 3.63) is 81.5 Å². The molecule has 2 aromatic rings. The zero-order chi connectivity index (χ0) is 20.3. The van der Waals surface area contributed by atoms with Crippen molar-refractivity contribution < 1.29 is 19.1 Å². The van der Waals surface area contributed by atoms with Crippen molar-refractivity contribution in [1.82, 2.24) is 4.90 Å². The smallest absolute Gasteiger partial charge is 0.340 e. The molecule has 0 spiro atoms. The number of hydrogen-bond acceptors (Lipinski definition) is 4. The van der Waals surface area contributed by atoms with Gasteiger partial charge in [0.2, 0.25) is 0 Å². The molecular formula is C22H20ClNO4. The summed E-state index contributed by atoms with van der Waals surface area (Å²) in [6.45, 7) is 2.07. The van der Waals surface area contributed by atoms with Crippen molar-refractivity contribution in [2.24, 2.45) is 0 Å². The van der Waals surface area contributed by atoms with Gasteiger partial charge in [-0.3, -0.25) is 4.79 Å². The quantitative estimate of drug-likeness (QED) is 0.560. The Bertz CT molecular complexity index is 976. The lowest BCUT2D eigenvalue weighted by molar-refractivity contribution is -0.136. The van der Waals surface area contributed by atoms with E-state index in [0.717, 1.165) is 11.3 Å². The van der Waals surface area contributed by atoms with E-state index >= 15 is 0 Å². The van der Waals surface area contributed by atoms with E-state index in [1.165, 1.54) is 7.11 Å². The van der Waals surface area contributed by atoms with Crippen LogP contribution in [0.3, 0.4) is 0 Å². The van der Waals surface area contributed by atoms with Crippen molar-refractivity contribution in [2.45, 2.75) is 13.5 Å². The van der Waals surface area contributed by atoms with Crippen LogP contribution < -0.4 is 4.74 Å². The standard InChI is InChI=1S/C22H20ClNO4/c1-14-20(22(26)28-3)18(12-16-6-4-5-7-19(16)23)21(25)24(14)13-15-8-10-17(27-2)11-9-15/h4-12H,13H2,1-3H3/b18-12-. The number of rotatable bonds is 5. The molecule has 0 atom stereocenters. The zero-order valence-corrected chi connectivity index (χ0v) is 16.6. The fourth-order valence-electron chi connectivity index (χ4n) is 3.08. The van der Waals surface area contributed by atoms with E-state index in [1.54, 1.807) is 43.2 Å². The molecular weight excluding hydrogens is 378 g/mol. The van der Waals surface area contributed by atoms with Gasteiger partial charge in [-0.15, -0.1) is 0 Å². The van der Waals surface area contributed by atoms with Crippen LogP contribution in [0, 0.1) is 0 Å². The number of ether oxygens (including phenoxy) is 2. The number of amides is 1. The lowest BCUT2D eigenvalue weighted by Gasteiger charge is -2.18. The molecule has 0 unspecified atom stereocenters. The summed E-state index contributed by atoms with van der Waals surface area (Å²) in [6.07, 6.45) is 1.63. The summed E-state index contributed by atoms with van der Waals surface area (Å²) in [7, 11) is 2.90. The molecule has 5 nitrogen and oxygen atoms in total. The first-order valence-corrected chi connectivity index (χ1v) is 9.04. The third kappa shape index (κ3) is 3.80. The molecule has 0 bridgehead atoms. The fourth-order valence-corrected chi connectivity index (χ4v) is 3.27. The number of nitrogens with zero attached hydrogens (tertiary/aromatic N) is 1. The van der Waals surface area contributed by atoms with Gasteiger partial charge in [-0.05, 0) is 42.3 Å². The predicted octanol–water partition coefficient (Wildman–Crippen LogP) is 4.22. The second kappa shape index (κ2) is 8.31. The van der Waals surface area contributed by atoms with Gasteiger partial charge < -0.3 is 14.4 Å². The molecule has 0 radical (unpaired) electrons. The Morgan fingerprint density at radius 3 is 2.39 bits per heavy atom. The second-order valence-electron chi connectivity index (χ2n) is 6.27. The first-order valence-electron chi connectivity index (χ1n) is 8.67. The van der Waals surface area contributed by atoms with Gasteiger partial charge in [-0.1, -0.05) is 41.9 Å². The van der Waals surface area contributed by atoms with E-state index in [0.29, 0.717) is 22.8 Å². The van der Waals surface area contributed by atoms with E-state index in [1.807, 2.05) is 30.3 Å². The zero-order valence-electron chi connectivity index (χ0n) is 15.9.